The van der Waals surface area contributed by atoms with E-state index in [1.165, 1.54) is 18.2 Å². The molecule has 0 unspecified atom stereocenters. The molecule has 2 aliphatic heterocycles. The number of aromatic nitrogens is 2. The highest BCUT2D eigenvalue weighted by Gasteiger charge is 2.22. The van der Waals surface area contributed by atoms with Gasteiger partial charge in [-0.15, -0.1) is 0 Å². The molecule has 0 radical (unpaired) electrons. The average molecular weight is 542 g/mol. The number of ketones is 1. The molecule has 2 saturated heterocycles. The van der Waals surface area contributed by atoms with Gasteiger partial charge in [-0.25, -0.2) is 9.37 Å². The van der Waals surface area contributed by atoms with Crippen molar-refractivity contribution >= 4 is 45.7 Å². The van der Waals surface area contributed by atoms with E-state index in [1.807, 2.05) is 6.08 Å². The molecule has 38 heavy (non-hydrogen) atoms. The Hall–Kier alpha value is -3.31. The fourth-order valence-electron chi connectivity index (χ4n) is 4.43. The predicted molar refractivity (Wildman–Crippen MR) is 144 cm³/mol. The van der Waals surface area contributed by atoms with Crippen LogP contribution in [0.4, 0.5) is 21.8 Å². The van der Waals surface area contributed by atoms with Crippen molar-refractivity contribution in [1.82, 2.24) is 14.9 Å². The number of anilines is 3. The first kappa shape index (κ1) is 26.3. The number of ether oxygens (including phenoxy) is 3. The van der Waals surface area contributed by atoms with Crippen LogP contribution >= 0.6 is 11.6 Å². The normalized spacial score (nSPS) is 18.6. The van der Waals surface area contributed by atoms with E-state index in [0.29, 0.717) is 60.1 Å². The van der Waals surface area contributed by atoms with Crippen molar-refractivity contribution in [3.8, 4) is 5.75 Å². The van der Waals surface area contributed by atoms with Crippen molar-refractivity contribution in [2.45, 2.75) is 18.9 Å². The summed E-state index contributed by atoms with van der Waals surface area (Å²) in [7, 11) is 0. The van der Waals surface area contributed by atoms with Gasteiger partial charge in [-0.3, -0.25) is 9.69 Å². The molecule has 0 aliphatic carbocycles. The molecule has 3 aromatic rings. The predicted octanol–water partition coefficient (Wildman–Crippen LogP) is 4.38. The van der Waals surface area contributed by atoms with Crippen LogP contribution < -0.4 is 15.8 Å². The van der Waals surface area contributed by atoms with E-state index in [-0.39, 0.29) is 22.9 Å². The zero-order valence-corrected chi connectivity index (χ0v) is 21.5. The van der Waals surface area contributed by atoms with Gasteiger partial charge in [0.2, 0.25) is 5.95 Å². The topological polar surface area (TPSA) is 112 Å². The zero-order chi connectivity index (χ0) is 26.5. The Morgan fingerprint density at radius 1 is 1.21 bits per heavy atom. The molecule has 2 fully saturated rings. The summed E-state index contributed by atoms with van der Waals surface area (Å²) in [4.78, 5) is 24.4. The minimum atomic E-state index is -0.533. The van der Waals surface area contributed by atoms with Gasteiger partial charge in [-0.1, -0.05) is 17.7 Å². The second-order valence-electron chi connectivity index (χ2n) is 9.19. The Balaban J connectivity index is 1.48. The summed E-state index contributed by atoms with van der Waals surface area (Å²) in [6, 6.07) is 7.62. The molecule has 5 rings (SSSR count). The maximum absolute atomic E-state index is 13.7. The Morgan fingerprint density at radius 3 is 2.92 bits per heavy atom. The number of hydrogen-bond donors (Lipinski definition) is 2. The third kappa shape index (κ3) is 6.39. The first-order valence-corrected chi connectivity index (χ1v) is 12.9. The summed E-state index contributed by atoms with van der Waals surface area (Å²) in [6.07, 6.45) is 4.95. The molecule has 3 N–H and O–H groups in total. The summed E-state index contributed by atoms with van der Waals surface area (Å²) in [6.45, 7) is 4.89. The molecular weight excluding hydrogens is 513 g/mol. The van der Waals surface area contributed by atoms with Crippen LogP contribution in [0.5, 0.6) is 5.75 Å². The lowest BCUT2D eigenvalue weighted by Crippen LogP contribution is -2.26. The van der Waals surface area contributed by atoms with Crippen molar-refractivity contribution in [3.63, 3.8) is 0 Å². The van der Waals surface area contributed by atoms with Crippen molar-refractivity contribution < 1.29 is 23.4 Å². The summed E-state index contributed by atoms with van der Waals surface area (Å²) >= 11 is 5.95. The lowest BCUT2D eigenvalue weighted by atomic mass is 10.0. The number of nitrogens with one attached hydrogen (secondary N) is 1. The minimum Gasteiger partial charge on any atom is -0.487 e. The van der Waals surface area contributed by atoms with Crippen molar-refractivity contribution in [2.24, 2.45) is 0 Å². The van der Waals surface area contributed by atoms with Gasteiger partial charge in [0, 0.05) is 49.8 Å². The van der Waals surface area contributed by atoms with Crippen LogP contribution in [0.2, 0.25) is 5.02 Å². The number of allylic oxidation sites excluding steroid dienone is 1. The molecule has 3 heterocycles. The fraction of sp³-hybridized carbons (Fsp3) is 0.370. The second kappa shape index (κ2) is 12.0. The highest BCUT2D eigenvalue weighted by molar-refractivity contribution is 6.31. The number of nitrogen functional groups attached to an aromatic ring is 1. The largest absolute Gasteiger partial charge is 0.487 e. The zero-order valence-electron chi connectivity index (χ0n) is 20.8. The molecule has 2 aliphatic rings. The molecule has 9 nitrogen and oxygen atoms in total. The van der Waals surface area contributed by atoms with E-state index in [1.54, 1.807) is 18.2 Å². The van der Waals surface area contributed by atoms with Gasteiger partial charge < -0.3 is 25.3 Å². The van der Waals surface area contributed by atoms with Gasteiger partial charge in [0.25, 0.3) is 0 Å². The van der Waals surface area contributed by atoms with E-state index >= 15 is 0 Å². The summed E-state index contributed by atoms with van der Waals surface area (Å²) in [5, 5.41) is 3.63. The van der Waals surface area contributed by atoms with Crippen LogP contribution in [0.1, 0.15) is 23.2 Å². The SMILES string of the molecule is Nc1nc(Nc2ccc(F)c(Cl)c2)c2cc(C(=O)C=CCN3CCCOCC3)c(O[C@H]3CCOC3)cc2n1. The third-order valence-electron chi connectivity index (χ3n) is 6.39. The van der Waals surface area contributed by atoms with E-state index < -0.39 is 5.82 Å². The van der Waals surface area contributed by atoms with Crippen LogP contribution in [0.15, 0.2) is 42.5 Å². The van der Waals surface area contributed by atoms with Gasteiger partial charge in [0.05, 0.1) is 35.9 Å². The van der Waals surface area contributed by atoms with Gasteiger partial charge in [0.1, 0.15) is 23.5 Å². The van der Waals surface area contributed by atoms with Crippen molar-refractivity contribution in [2.75, 3.05) is 57.1 Å². The molecule has 11 heteroatoms. The highest BCUT2D eigenvalue weighted by Crippen LogP contribution is 2.33. The number of benzene rings is 2. The Kier molecular flexibility index (Phi) is 8.33. The molecule has 0 amide bonds. The molecule has 0 saturated carbocycles. The molecule has 0 bridgehead atoms. The fourth-order valence-corrected chi connectivity index (χ4v) is 4.62. The Morgan fingerprint density at radius 2 is 2.11 bits per heavy atom. The molecular formula is C27H29ClFN5O4. The van der Waals surface area contributed by atoms with E-state index in [9.17, 15) is 9.18 Å². The summed E-state index contributed by atoms with van der Waals surface area (Å²) < 4.78 is 30.8. The van der Waals surface area contributed by atoms with Crippen molar-refractivity contribution in [3.05, 3.63) is 58.9 Å². The molecule has 1 aromatic heterocycles. The number of nitrogens with two attached hydrogens (primary N) is 1. The quantitative estimate of drug-likeness (QED) is 0.317. The lowest BCUT2D eigenvalue weighted by Gasteiger charge is -2.17. The number of nitrogens with zero attached hydrogens (tertiary/aromatic N) is 3. The Labute approximate surface area is 224 Å². The minimum absolute atomic E-state index is 0.0313. The first-order chi connectivity index (χ1) is 18.5. The monoisotopic (exact) mass is 541 g/mol. The molecule has 2 aromatic carbocycles. The van der Waals surface area contributed by atoms with E-state index in [4.69, 9.17) is 31.5 Å². The van der Waals surface area contributed by atoms with Crippen LogP contribution in [-0.2, 0) is 9.47 Å². The average Bonchev–Trinajstić information content (AvgIpc) is 3.26. The van der Waals surface area contributed by atoms with Crippen molar-refractivity contribution in [1.29, 1.82) is 0 Å². The van der Waals surface area contributed by atoms with Gasteiger partial charge in [-0.05, 0) is 36.8 Å². The van der Waals surface area contributed by atoms with Crippen LogP contribution in [0, 0.1) is 5.82 Å². The second-order valence-corrected chi connectivity index (χ2v) is 9.59. The third-order valence-corrected chi connectivity index (χ3v) is 6.68. The Bertz CT molecular complexity index is 1340. The van der Waals surface area contributed by atoms with Gasteiger partial charge >= 0.3 is 0 Å². The summed E-state index contributed by atoms with van der Waals surface area (Å²) in [5.41, 5.74) is 7.36. The highest BCUT2D eigenvalue weighted by atomic mass is 35.5. The molecule has 1 atom stereocenters. The number of carbonyl (C=O) groups excluding carboxylic acids is 1. The number of halogens is 2. The number of carbonyl (C=O) groups is 1. The van der Waals surface area contributed by atoms with Crippen LogP contribution in [0.3, 0.4) is 0 Å². The van der Waals surface area contributed by atoms with E-state index in [2.05, 4.69) is 20.2 Å². The maximum Gasteiger partial charge on any atom is 0.222 e. The molecule has 0 spiro atoms. The van der Waals surface area contributed by atoms with E-state index in [0.717, 1.165) is 32.5 Å². The van der Waals surface area contributed by atoms with Gasteiger partial charge in [-0.2, -0.15) is 4.98 Å². The molecule has 200 valence electrons. The maximum atomic E-state index is 13.7. The van der Waals surface area contributed by atoms with Crippen LogP contribution in [0.25, 0.3) is 10.9 Å². The van der Waals surface area contributed by atoms with Gasteiger partial charge in [0.15, 0.2) is 5.78 Å². The first-order valence-electron chi connectivity index (χ1n) is 12.5. The smallest absolute Gasteiger partial charge is 0.222 e. The summed E-state index contributed by atoms with van der Waals surface area (Å²) in [5.74, 6) is 0.0470. The number of hydrogen-bond acceptors (Lipinski definition) is 9. The van der Waals surface area contributed by atoms with Crippen LogP contribution in [-0.4, -0.2) is 72.8 Å². The lowest BCUT2D eigenvalue weighted by molar-refractivity contribution is 0.103. The number of fused-ring (bicyclic) bond motifs is 1. The standard InChI is InChI=1S/C27H29ClFN5O4/c28-21-13-17(4-5-22(21)29)31-26-19-14-20(24(35)3-1-7-34-8-2-10-36-12-9-34)25(38-18-6-11-37-16-18)15-23(19)32-27(30)33-26/h1,3-5,13-15,18H,2,6-12,16H2,(H3,30,31,32,33)/t18-/m0/s1. The number of rotatable bonds is 8.